The van der Waals surface area contributed by atoms with Gasteiger partial charge in [0.25, 0.3) is 0 Å². The fraction of sp³-hybridized carbons (Fsp3) is 0.872. The highest BCUT2D eigenvalue weighted by Crippen LogP contribution is 2.18. The van der Waals surface area contributed by atoms with Gasteiger partial charge in [-0.25, -0.2) is 0 Å². The standard InChI is InChI=1S/C39H73NO5/c1-3-5-7-9-11-13-14-15-16-17-18-19-20-23-27-31-36(45-39(44)34-30-26-21-12-10-8-6-4-2)32-28-24-22-25-29-33-37(41)40-35-38(42)43/h17-18,36H,3-16,19-35H2,1-2H3,(H,40,41)(H,42,43)/b18-17-. The number of carbonyl (C=O) groups excluding carboxylic acids is 2. The Morgan fingerprint density at radius 3 is 1.44 bits per heavy atom. The Morgan fingerprint density at radius 1 is 0.556 bits per heavy atom. The van der Waals surface area contributed by atoms with Crippen LogP contribution < -0.4 is 5.32 Å². The number of hydrogen-bond acceptors (Lipinski definition) is 4. The van der Waals surface area contributed by atoms with E-state index < -0.39 is 5.97 Å². The second-order valence-corrected chi connectivity index (χ2v) is 13.2. The summed E-state index contributed by atoms with van der Waals surface area (Å²) in [6.45, 7) is 4.20. The summed E-state index contributed by atoms with van der Waals surface area (Å²) in [5.74, 6) is -1.24. The number of esters is 1. The highest BCUT2D eigenvalue weighted by molar-refractivity contribution is 5.80. The number of amides is 1. The summed E-state index contributed by atoms with van der Waals surface area (Å²) in [7, 11) is 0. The van der Waals surface area contributed by atoms with Gasteiger partial charge >= 0.3 is 11.9 Å². The lowest BCUT2D eigenvalue weighted by atomic mass is 10.0. The number of carboxylic acid groups (broad SMARTS) is 1. The number of rotatable bonds is 35. The highest BCUT2D eigenvalue weighted by atomic mass is 16.5. The first-order chi connectivity index (χ1) is 22.0. The van der Waals surface area contributed by atoms with Gasteiger partial charge in [0.05, 0.1) is 0 Å². The largest absolute Gasteiger partial charge is 0.480 e. The number of carbonyl (C=O) groups is 3. The molecule has 0 heterocycles. The fourth-order valence-corrected chi connectivity index (χ4v) is 5.80. The number of allylic oxidation sites excluding steroid dienone is 2. The minimum atomic E-state index is -1.02. The van der Waals surface area contributed by atoms with E-state index in [-0.39, 0.29) is 24.5 Å². The minimum Gasteiger partial charge on any atom is -0.480 e. The Balaban J connectivity index is 4.17. The van der Waals surface area contributed by atoms with Gasteiger partial charge in [0.1, 0.15) is 12.6 Å². The van der Waals surface area contributed by atoms with E-state index in [4.69, 9.17) is 9.84 Å². The molecule has 0 aliphatic carbocycles. The van der Waals surface area contributed by atoms with Crippen LogP contribution in [0.25, 0.3) is 0 Å². The molecule has 0 aromatic rings. The summed E-state index contributed by atoms with van der Waals surface area (Å²) in [6, 6.07) is 0. The van der Waals surface area contributed by atoms with Crippen LogP contribution in [0.15, 0.2) is 12.2 Å². The van der Waals surface area contributed by atoms with Crippen LogP contribution in [0.5, 0.6) is 0 Å². The highest BCUT2D eigenvalue weighted by Gasteiger charge is 2.14. The molecule has 0 aliphatic heterocycles. The molecule has 0 rings (SSSR count). The molecule has 6 nitrogen and oxygen atoms in total. The normalized spacial score (nSPS) is 12.0. The molecule has 0 bridgehead atoms. The molecule has 0 aliphatic rings. The monoisotopic (exact) mass is 636 g/mol. The first kappa shape index (κ1) is 43.1. The molecule has 45 heavy (non-hydrogen) atoms. The molecule has 0 radical (unpaired) electrons. The summed E-state index contributed by atoms with van der Waals surface area (Å²) in [4.78, 5) is 34.8. The summed E-state index contributed by atoms with van der Waals surface area (Å²) in [6.07, 6.45) is 39.0. The average Bonchev–Trinajstić information content (AvgIpc) is 3.02. The van der Waals surface area contributed by atoms with E-state index in [1.165, 1.54) is 109 Å². The lowest BCUT2D eigenvalue weighted by Crippen LogP contribution is -2.28. The summed E-state index contributed by atoms with van der Waals surface area (Å²) >= 11 is 0. The molecule has 264 valence electrons. The van der Waals surface area contributed by atoms with Crippen LogP contribution in [0, 0.1) is 0 Å². The SMILES string of the molecule is CCCCCCCCCC/C=C\CCCCCC(CCCCCCCC(=O)NCC(=O)O)OC(=O)CCCCCCCCCC. The fourth-order valence-electron chi connectivity index (χ4n) is 5.80. The maximum absolute atomic E-state index is 12.6. The molecule has 1 unspecified atom stereocenters. The lowest BCUT2D eigenvalue weighted by Gasteiger charge is -2.18. The third-order valence-electron chi connectivity index (χ3n) is 8.69. The van der Waals surface area contributed by atoms with E-state index >= 15 is 0 Å². The van der Waals surface area contributed by atoms with E-state index in [9.17, 15) is 14.4 Å². The molecule has 0 saturated heterocycles. The zero-order chi connectivity index (χ0) is 33.1. The smallest absolute Gasteiger partial charge is 0.322 e. The molecule has 0 aromatic heterocycles. The van der Waals surface area contributed by atoms with Gasteiger partial charge in [0, 0.05) is 12.8 Å². The Kier molecular flexibility index (Phi) is 33.6. The molecule has 1 amide bonds. The van der Waals surface area contributed by atoms with Crippen LogP contribution in [0.1, 0.15) is 206 Å². The van der Waals surface area contributed by atoms with Crippen LogP contribution >= 0.6 is 0 Å². The van der Waals surface area contributed by atoms with Crippen molar-refractivity contribution in [2.24, 2.45) is 0 Å². The first-order valence-corrected chi connectivity index (χ1v) is 19.3. The number of unbranched alkanes of at least 4 members (excludes halogenated alkanes) is 22. The molecule has 0 saturated carbocycles. The van der Waals surface area contributed by atoms with Gasteiger partial charge in [-0.2, -0.15) is 0 Å². The van der Waals surface area contributed by atoms with Crippen molar-refractivity contribution in [2.75, 3.05) is 6.54 Å². The topological polar surface area (TPSA) is 92.7 Å². The zero-order valence-electron chi connectivity index (χ0n) is 29.7. The van der Waals surface area contributed by atoms with Gasteiger partial charge in [-0.05, 0) is 64.2 Å². The summed E-state index contributed by atoms with van der Waals surface area (Å²) in [5, 5.41) is 11.1. The van der Waals surface area contributed by atoms with Crippen molar-refractivity contribution in [1.29, 1.82) is 0 Å². The zero-order valence-corrected chi connectivity index (χ0v) is 29.7. The maximum Gasteiger partial charge on any atom is 0.322 e. The third kappa shape index (κ3) is 34.9. The number of nitrogens with one attached hydrogen (secondary N) is 1. The Labute approximate surface area is 278 Å². The predicted octanol–water partition coefficient (Wildman–Crippen LogP) is 11.4. The first-order valence-electron chi connectivity index (χ1n) is 19.3. The van der Waals surface area contributed by atoms with Gasteiger partial charge in [-0.15, -0.1) is 0 Å². The van der Waals surface area contributed by atoms with E-state index in [1.54, 1.807) is 0 Å². The molecule has 0 spiro atoms. The molecular formula is C39H73NO5. The van der Waals surface area contributed by atoms with Crippen molar-refractivity contribution in [1.82, 2.24) is 5.32 Å². The summed E-state index contributed by atoms with van der Waals surface area (Å²) < 4.78 is 5.98. The maximum atomic E-state index is 12.6. The average molecular weight is 636 g/mol. The Morgan fingerprint density at radius 2 is 0.956 bits per heavy atom. The van der Waals surface area contributed by atoms with Gasteiger partial charge in [-0.3, -0.25) is 14.4 Å². The van der Waals surface area contributed by atoms with Gasteiger partial charge in [-0.1, -0.05) is 142 Å². The van der Waals surface area contributed by atoms with Crippen molar-refractivity contribution >= 4 is 17.8 Å². The van der Waals surface area contributed by atoms with E-state index in [1.807, 2.05) is 0 Å². The Bertz CT molecular complexity index is 708. The van der Waals surface area contributed by atoms with E-state index in [2.05, 4.69) is 31.3 Å². The molecular weight excluding hydrogens is 562 g/mol. The quantitative estimate of drug-likeness (QED) is 0.0410. The molecule has 0 aromatic carbocycles. The Hall–Kier alpha value is -1.85. The van der Waals surface area contributed by atoms with Crippen LogP contribution in [-0.2, 0) is 19.1 Å². The van der Waals surface area contributed by atoms with Crippen molar-refractivity contribution in [3.8, 4) is 0 Å². The van der Waals surface area contributed by atoms with Gasteiger partial charge in [0.2, 0.25) is 5.91 Å². The molecule has 1 atom stereocenters. The molecule has 2 N–H and O–H groups in total. The van der Waals surface area contributed by atoms with Crippen LogP contribution in [-0.4, -0.2) is 35.6 Å². The number of ether oxygens (including phenoxy) is 1. The van der Waals surface area contributed by atoms with E-state index in [0.717, 1.165) is 70.6 Å². The van der Waals surface area contributed by atoms with Crippen molar-refractivity contribution in [3.63, 3.8) is 0 Å². The third-order valence-corrected chi connectivity index (χ3v) is 8.69. The predicted molar refractivity (Wildman–Crippen MR) is 190 cm³/mol. The van der Waals surface area contributed by atoms with E-state index in [0.29, 0.717) is 12.8 Å². The number of hydrogen-bond donors (Lipinski definition) is 2. The minimum absolute atomic E-state index is 0.0193. The lowest BCUT2D eigenvalue weighted by molar-refractivity contribution is -0.150. The van der Waals surface area contributed by atoms with Gasteiger partial charge in [0.15, 0.2) is 0 Å². The van der Waals surface area contributed by atoms with Crippen molar-refractivity contribution < 1.29 is 24.2 Å². The number of aliphatic carboxylic acids is 1. The number of carboxylic acids is 1. The molecule has 6 heteroatoms. The van der Waals surface area contributed by atoms with Crippen molar-refractivity contribution in [3.05, 3.63) is 12.2 Å². The van der Waals surface area contributed by atoms with Crippen LogP contribution in [0.3, 0.4) is 0 Å². The molecule has 0 fully saturated rings. The van der Waals surface area contributed by atoms with Gasteiger partial charge < -0.3 is 15.2 Å². The van der Waals surface area contributed by atoms with Crippen LogP contribution in [0.4, 0.5) is 0 Å². The second-order valence-electron chi connectivity index (χ2n) is 13.2. The second kappa shape index (κ2) is 35.0. The van der Waals surface area contributed by atoms with Crippen LogP contribution in [0.2, 0.25) is 0 Å². The van der Waals surface area contributed by atoms with Crippen molar-refractivity contribution in [2.45, 2.75) is 213 Å². The summed E-state index contributed by atoms with van der Waals surface area (Å²) in [5.41, 5.74) is 0.